The minimum atomic E-state index is 0.562. The van der Waals surface area contributed by atoms with Gasteiger partial charge in [-0.05, 0) is 100 Å². The third-order valence-electron chi connectivity index (χ3n) is 8.16. The summed E-state index contributed by atoms with van der Waals surface area (Å²) in [6.45, 7) is 11.4. The lowest BCUT2D eigenvalue weighted by molar-refractivity contribution is 0.0619. The molecule has 0 aromatic carbocycles. The molecule has 2 fully saturated rings. The first-order valence-electron chi connectivity index (χ1n) is 11.0. The summed E-state index contributed by atoms with van der Waals surface area (Å²) in [5.74, 6) is 3.94. The Morgan fingerprint density at radius 3 is 2.38 bits per heavy atom. The molecule has 4 aliphatic carbocycles. The lowest BCUT2D eigenvalue weighted by Gasteiger charge is -2.50. The van der Waals surface area contributed by atoms with E-state index in [9.17, 15) is 0 Å². The number of hydrogen-bond donors (Lipinski definition) is 0. The summed E-state index contributed by atoms with van der Waals surface area (Å²) in [5.41, 5.74) is 6.24. The van der Waals surface area contributed by atoms with Crippen molar-refractivity contribution in [1.82, 2.24) is 0 Å². The van der Waals surface area contributed by atoms with Crippen LogP contribution < -0.4 is 0 Å². The Hall–Kier alpha value is -0.520. The highest BCUT2D eigenvalue weighted by molar-refractivity contribution is 5.29. The summed E-state index contributed by atoms with van der Waals surface area (Å²) >= 11 is 0. The van der Waals surface area contributed by atoms with Gasteiger partial charge in [0.05, 0.1) is 0 Å². The average Bonchev–Trinajstić information content (AvgIpc) is 2.84. The Balaban J connectivity index is 0.000000815. The highest BCUT2D eigenvalue weighted by Crippen LogP contribution is 2.62. The highest BCUT2D eigenvalue weighted by Gasteiger charge is 2.52. The van der Waals surface area contributed by atoms with E-state index in [1.807, 2.05) is 25.0 Å². The molecule has 0 N–H and O–H groups in total. The predicted molar refractivity (Wildman–Crippen MR) is 106 cm³/mol. The van der Waals surface area contributed by atoms with Gasteiger partial charge in [-0.2, -0.15) is 0 Å². The molecule has 0 aliphatic heterocycles. The van der Waals surface area contributed by atoms with E-state index in [1.54, 1.807) is 5.57 Å². The second-order valence-corrected chi connectivity index (χ2v) is 9.04. The molecule has 0 bridgehead atoms. The summed E-state index contributed by atoms with van der Waals surface area (Å²) in [6, 6.07) is 0. The SMILES string of the molecule is C/C=C1\CCC2C3CCC4=C(CCC(C)CC4)C3CC[C@]12C.CC. The van der Waals surface area contributed by atoms with Crippen LogP contribution in [-0.2, 0) is 0 Å². The molecule has 0 saturated heterocycles. The van der Waals surface area contributed by atoms with Crippen LogP contribution >= 0.6 is 0 Å². The zero-order valence-corrected chi connectivity index (χ0v) is 17.0. The Kier molecular flexibility index (Phi) is 5.62. The van der Waals surface area contributed by atoms with Crippen molar-refractivity contribution >= 4 is 0 Å². The molecule has 0 spiro atoms. The molecule has 136 valence electrons. The van der Waals surface area contributed by atoms with Gasteiger partial charge in [-0.3, -0.25) is 0 Å². The summed E-state index contributed by atoms with van der Waals surface area (Å²) in [5, 5.41) is 0. The Morgan fingerprint density at radius 1 is 0.917 bits per heavy atom. The van der Waals surface area contributed by atoms with Gasteiger partial charge in [-0.15, -0.1) is 0 Å². The second kappa shape index (κ2) is 7.38. The first-order chi connectivity index (χ1) is 11.6. The normalized spacial score (nSPS) is 43.3. The first kappa shape index (κ1) is 18.3. The quantitative estimate of drug-likeness (QED) is 0.399. The topological polar surface area (TPSA) is 0 Å². The summed E-state index contributed by atoms with van der Waals surface area (Å²) < 4.78 is 0. The third-order valence-corrected chi connectivity index (χ3v) is 8.16. The van der Waals surface area contributed by atoms with Crippen LogP contribution in [-0.4, -0.2) is 0 Å². The van der Waals surface area contributed by atoms with E-state index in [0.717, 1.165) is 23.7 Å². The van der Waals surface area contributed by atoms with Gasteiger partial charge in [-0.1, -0.05) is 50.5 Å². The number of fused-ring (bicyclic) bond motifs is 4. The lowest BCUT2D eigenvalue weighted by Crippen LogP contribution is -2.41. The molecule has 0 amide bonds. The van der Waals surface area contributed by atoms with Crippen molar-refractivity contribution in [2.24, 2.45) is 29.1 Å². The minimum Gasteiger partial charge on any atom is -0.0879 e. The van der Waals surface area contributed by atoms with Crippen molar-refractivity contribution in [2.75, 3.05) is 0 Å². The molecule has 0 aromatic rings. The molecule has 24 heavy (non-hydrogen) atoms. The van der Waals surface area contributed by atoms with Crippen LogP contribution in [0.15, 0.2) is 22.8 Å². The maximum absolute atomic E-state index is 2.61. The Bertz CT molecular complexity index is 508. The van der Waals surface area contributed by atoms with Crippen molar-refractivity contribution in [3.8, 4) is 0 Å². The zero-order chi connectivity index (χ0) is 17.3. The molecule has 2 saturated carbocycles. The molecule has 0 nitrogen and oxygen atoms in total. The molecule has 4 rings (SSSR count). The monoisotopic (exact) mass is 328 g/mol. The van der Waals surface area contributed by atoms with E-state index in [1.165, 1.54) is 64.2 Å². The molecule has 4 unspecified atom stereocenters. The number of hydrogen-bond acceptors (Lipinski definition) is 0. The second-order valence-electron chi connectivity index (χ2n) is 9.04. The Labute approximate surface area is 151 Å². The van der Waals surface area contributed by atoms with E-state index < -0.39 is 0 Å². The third kappa shape index (κ3) is 2.93. The molecule has 0 heterocycles. The van der Waals surface area contributed by atoms with Crippen LogP contribution in [0, 0.1) is 29.1 Å². The Morgan fingerprint density at radius 2 is 1.62 bits per heavy atom. The fourth-order valence-corrected chi connectivity index (χ4v) is 6.82. The fraction of sp³-hybridized carbons (Fsp3) is 0.833. The smallest absolute Gasteiger partial charge is 0.00851 e. The first-order valence-corrected chi connectivity index (χ1v) is 11.0. The van der Waals surface area contributed by atoms with Gasteiger partial charge < -0.3 is 0 Å². The summed E-state index contributed by atoms with van der Waals surface area (Å²) in [7, 11) is 0. The van der Waals surface area contributed by atoms with Crippen molar-refractivity contribution < 1.29 is 0 Å². The fourth-order valence-electron chi connectivity index (χ4n) is 6.82. The summed E-state index contributed by atoms with van der Waals surface area (Å²) in [6.07, 6.45) is 17.0. The molecule has 5 atom stereocenters. The van der Waals surface area contributed by atoms with E-state index >= 15 is 0 Å². The van der Waals surface area contributed by atoms with E-state index in [-0.39, 0.29) is 0 Å². The minimum absolute atomic E-state index is 0.562. The van der Waals surface area contributed by atoms with Crippen LogP contribution in [0.4, 0.5) is 0 Å². The number of allylic oxidation sites excluding steroid dienone is 4. The van der Waals surface area contributed by atoms with Crippen molar-refractivity contribution in [1.29, 1.82) is 0 Å². The predicted octanol–water partition coefficient (Wildman–Crippen LogP) is 7.70. The van der Waals surface area contributed by atoms with Crippen LogP contribution in [0.25, 0.3) is 0 Å². The molecular weight excluding hydrogens is 288 g/mol. The largest absolute Gasteiger partial charge is 0.0879 e. The van der Waals surface area contributed by atoms with E-state index in [2.05, 4.69) is 26.8 Å². The maximum Gasteiger partial charge on any atom is -0.00851 e. The molecule has 0 heteroatoms. The number of rotatable bonds is 0. The van der Waals surface area contributed by atoms with Crippen LogP contribution in [0.1, 0.15) is 98.8 Å². The molecule has 0 radical (unpaired) electrons. The standard InChI is InChI=1S/C22H34.C2H6/c1-4-17-9-12-21-20-11-8-16-7-5-15(2)6-10-18(16)19(20)13-14-22(17,21)3;1-2/h4,15,19-21H,5-14H2,1-3H3;1-2H3/b17-4+;/t15?,19?,20?,21?,22-;/m1./s1. The van der Waals surface area contributed by atoms with Gasteiger partial charge in [0.2, 0.25) is 0 Å². The molecule has 0 aromatic heterocycles. The molecular formula is C24H40. The van der Waals surface area contributed by atoms with Gasteiger partial charge in [-0.25, -0.2) is 0 Å². The van der Waals surface area contributed by atoms with Gasteiger partial charge in [0.15, 0.2) is 0 Å². The van der Waals surface area contributed by atoms with Crippen LogP contribution in [0.2, 0.25) is 0 Å². The van der Waals surface area contributed by atoms with Gasteiger partial charge in [0, 0.05) is 0 Å². The van der Waals surface area contributed by atoms with Gasteiger partial charge >= 0.3 is 0 Å². The average molecular weight is 329 g/mol. The van der Waals surface area contributed by atoms with E-state index in [4.69, 9.17) is 0 Å². The van der Waals surface area contributed by atoms with Crippen molar-refractivity contribution in [3.63, 3.8) is 0 Å². The maximum atomic E-state index is 2.61. The van der Waals surface area contributed by atoms with Gasteiger partial charge in [0.25, 0.3) is 0 Å². The highest BCUT2D eigenvalue weighted by atomic mass is 14.6. The van der Waals surface area contributed by atoms with Gasteiger partial charge in [0.1, 0.15) is 0 Å². The van der Waals surface area contributed by atoms with Crippen molar-refractivity contribution in [3.05, 3.63) is 22.8 Å². The zero-order valence-electron chi connectivity index (χ0n) is 17.0. The van der Waals surface area contributed by atoms with Crippen LogP contribution in [0.5, 0.6) is 0 Å². The van der Waals surface area contributed by atoms with Crippen LogP contribution in [0.3, 0.4) is 0 Å². The molecule has 4 aliphatic rings. The summed E-state index contributed by atoms with van der Waals surface area (Å²) in [4.78, 5) is 0. The lowest BCUT2D eigenvalue weighted by atomic mass is 9.54. The van der Waals surface area contributed by atoms with Crippen molar-refractivity contribution in [2.45, 2.75) is 98.8 Å². The van der Waals surface area contributed by atoms with E-state index in [0.29, 0.717) is 5.41 Å².